The quantitative estimate of drug-likeness (QED) is 0.764. The molecular weight excluding hydrogens is 264 g/mol. The van der Waals surface area contributed by atoms with Crippen LogP contribution in [0, 0.1) is 5.92 Å². The Hall–Kier alpha value is -0.920. The van der Waals surface area contributed by atoms with Crippen LogP contribution in [0.1, 0.15) is 18.5 Å². The standard InChI is InChI=1S/C12H22N4O2S/c1-16-9-5-12(15-16)4-8-14-19(17,18)10-11-2-6-13-7-3-11/h5,9,11,13-14H,2-4,6-8,10H2,1H3. The molecule has 7 heteroatoms. The minimum absolute atomic E-state index is 0.247. The fourth-order valence-electron chi connectivity index (χ4n) is 2.35. The van der Waals surface area contributed by atoms with Gasteiger partial charge in [-0.1, -0.05) is 0 Å². The van der Waals surface area contributed by atoms with E-state index in [4.69, 9.17) is 0 Å². The monoisotopic (exact) mass is 286 g/mol. The second kappa shape index (κ2) is 6.49. The van der Waals surface area contributed by atoms with Crippen LogP contribution in [-0.4, -0.2) is 43.6 Å². The van der Waals surface area contributed by atoms with Crippen molar-refractivity contribution in [3.8, 4) is 0 Å². The summed E-state index contributed by atoms with van der Waals surface area (Å²) in [7, 11) is -1.30. The third-order valence-electron chi connectivity index (χ3n) is 3.39. The van der Waals surface area contributed by atoms with Gasteiger partial charge in [-0.2, -0.15) is 5.10 Å². The first kappa shape index (κ1) is 14.5. The lowest BCUT2D eigenvalue weighted by molar-refractivity contribution is 0.400. The van der Waals surface area contributed by atoms with E-state index < -0.39 is 10.0 Å². The third-order valence-corrected chi connectivity index (χ3v) is 4.94. The molecule has 0 radical (unpaired) electrons. The highest BCUT2D eigenvalue weighted by Crippen LogP contribution is 2.13. The second-order valence-corrected chi connectivity index (χ2v) is 6.95. The zero-order valence-electron chi connectivity index (χ0n) is 11.3. The average molecular weight is 286 g/mol. The Morgan fingerprint density at radius 3 is 2.84 bits per heavy atom. The second-order valence-electron chi connectivity index (χ2n) is 5.10. The first-order valence-electron chi connectivity index (χ1n) is 6.72. The summed E-state index contributed by atoms with van der Waals surface area (Å²) in [5.41, 5.74) is 0.909. The summed E-state index contributed by atoms with van der Waals surface area (Å²) >= 11 is 0. The highest BCUT2D eigenvalue weighted by atomic mass is 32.2. The van der Waals surface area contributed by atoms with Crippen LogP contribution in [0.3, 0.4) is 0 Å². The van der Waals surface area contributed by atoms with E-state index >= 15 is 0 Å². The number of piperidine rings is 1. The van der Waals surface area contributed by atoms with Gasteiger partial charge in [0, 0.05) is 26.2 Å². The molecule has 2 rings (SSSR count). The summed E-state index contributed by atoms with van der Waals surface area (Å²) < 4.78 is 28.3. The van der Waals surface area contributed by atoms with Gasteiger partial charge in [0.2, 0.25) is 10.0 Å². The van der Waals surface area contributed by atoms with Gasteiger partial charge in [0.25, 0.3) is 0 Å². The molecule has 0 amide bonds. The van der Waals surface area contributed by atoms with Crippen LogP contribution in [-0.2, 0) is 23.5 Å². The number of rotatable bonds is 6. The number of aromatic nitrogens is 2. The molecule has 0 unspecified atom stereocenters. The number of nitrogens with zero attached hydrogens (tertiary/aromatic N) is 2. The molecule has 1 aliphatic heterocycles. The number of aryl methyl sites for hydroxylation is 1. The van der Waals surface area contributed by atoms with Crippen LogP contribution in [0.15, 0.2) is 12.3 Å². The molecular formula is C12H22N4O2S. The molecule has 6 nitrogen and oxygen atoms in total. The van der Waals surface area contributed by atoms with Gasteiger partial charge in [-0.25, -0.2) is 13.1 Å². The summed E-state index contributed by atoms with van der Waals surface area (Å²) in [6, 6.07) is 1.90. The summed E-state index contributed by atoms with van der Waals surface area (Å²) in [6.07, 6.45) is 4.38. The fraction of sp³-hybridized carbons (Fsp3) is 0.750. The van der Waals surface area contributed by atoms with Crippen LogP contribution in [0.4, 0.5) is 0 Å². The van der Waals surface area contributed by atoms with Crippen molar-refractivity contribution in [3.05, 3.63) is 18.0 Å². The fourth-order valence-corrected chi connectivity index (χ4v) is 3.83. The maximum absolute atomic E-state index is 11.9. The number of sulfonamides is 1. The Morgan fingerprint density at radius 1 is 1.47 bits per heavy atom. The minimum atomic E-state index is -3.16. The van der Waals surface area contributed by atoms with E-state index in [2.05, 4.69) is 15.1 Å². The van der Waals surface area contributed by atoms with E-state index in [1.54, 1.807) is 4.68 Å². The molecule has 108 valence electrons. The zero-order valence-corrected chi connectivity index (χ0v) is 12.1. The van der Waals surface area contributed by atoms with Gasteiger partial charge in [-0.3, -0.25) is 4.68 Å². The topological polar surface area (TPSA) is 76.0 Å². The van der Waals surface area contributed by atoms with Crippen molar-refractivity contribution in [3.63, 3.8) is 0 Å². The van der Waals surface area contributed by atoms with Gasteiger partial charge in [0.1, 0.15) is 0 Å². The smallest absolute Gasteiger partial charge is 0.211 e. The largest absolute Gasteiger partial charge is 0.317 e. The molecule has 1 aliphatic rings. The van der Waals surface area contributed by atoms with Crippen molar-refractivity contribution in [2.24, 2.45) is 13.0 Å². The maximum atomic E-state index is 11.9. The molecule has 0 saturated carbocycles. The van der Waals surface area contributed by atoms with Gasteiger partial charge >= 0.3 is 0 Å². The van der Waals surface area contributed by atoms with Crippen LogP contribution in [0.2, 0.25) is 0 Å². The Bertz CT molecular complexity index is 492. The van der Waals surface area contributed by atoms with Crippen molar-refractivity contribution in [2.75, 3.05) is 25.4 Å². The number of hydrogen-bond donors (Lipinski definition) is 2. The van der Waals surface area contributed by atoms with Gasteiger partial charge < -0.3 is 5.32 Å². The van der Waals surface area contributed by atoms with E-state index in [1.807, 2.05) is 19.3 Å². The Kier molecular flexibility index (Phi) is 4.95. The molecule has 1 aromatic rings. The molecule has 0 aromatic carbocycles. The van der Waals surface area contributed by atoms with E-state index in [0.717, 1.165) is 31.6 Å². The lowest BCUT2D eigenvalue weighted by atomic mass is 10.0. The van der Waals surface area contributed by atoms with Crippen LogP contribution >= 0.6 is 0 Å². The molecule has 2 N–H and O–H groups in total. The van der Waals surface area contributed by atoms with Gasteiger partial charge in [-0.05, 0) is 37.9 Å². The van der Waals surface area contributed by atoms with Gasteiger partial charge in [0.15, 0.2) is 0 Å². The van der Waals surface area contributed by atoms with Crippen molar-refractivity contribution in [1.82, 2.24) is 19.8 Å². The van der Waals surface area contributed by atoms with Crippen LogP contribution in [0.5, 0.6) is 0 Å². The minimum Gasteiger partial charge on any atom is -0.317 e. The van der Waals surface area contributed by atoms with Crippen LogP contribution < -0.4 is 10.0 Å². The molecule has 0 spiro atoms. The Balaban J connectivity index is 1.74. The normalized spacial score (nSPS) is 17.7. The predicted octanol–water partition coefficient (Wildman–Crippen LogP) is -0.118. The van der Waals surface area contributed by atoms with Crippen molar-refractivity contribution < 1.29 is 8.42 Å². The Morgan fingerprint density at radius 2 is 2.21 bits per heavy atom. The van der Waals surface area contributed by atoms with Gasteiger partial charge in [-0.15, -0.1) is 0 Å². The zero-order chi connectivity index (χ0) is 13.7. The number of hydrogen-bond acceptors (Lipinski definition) is 4. The maximum Gasteiger partial charge on any atom is 0.211 e. The predicted molar refractivity (Wildman–Crippen MR) is 74.3 cm³/mol. The first-order chi connectivity index (χ1) is 9.05. The SMILES string of the molecule is Cn1ccc(CCNS(=O)(=O)CC2CCNCC2)n1. The highest BCUT2D eigenvalue weighted by molar-refractivity contribution is 7.89. The van der Waals surface area contributed by atoms with Crippen molar-refractivity contribution >= 4 is 10.0 Å². The van der Waals surface area contributed by atoms with Crippen LogP contribution in [0.25, 0.3) is 0 Å². The lowest BCUT2D eigenvalue weighted by Gasteiger charge is -2.22. The van der Waals surface area contributed by atoms with E-state index in [9.17, 15) is 8.42 Å². The molecule has 1 aromatic heterocycles. The molecule has 0 bridgehead atoms. The first-order valence-corrected chi connectivity index (χ1v) is 8.37. The third kappa shape index (κ3) is 4.93. The molecule has 0 atom stereocenters. The summed E-state index contributed by atoms with van der Waals surface area (Å²) in [6.45, 7) is 2.27. The summed E-state index contributed by atoms with van der Waals surface area (Å²) in [5.74, 6) is 0.533. The van der Waals surface area contributed by atoms with Crippen molar-refractivity contribution in [2.45, 2.75) is 19.3 Å². The molecule has 1 saturated heterocycles. The average Bonchev–Trinajstić information content (AvgIpc) is 2.75. The molecule has 2 heterocycles. The van der Waals surface area contributed by atoms with Gasteiger partial charge in [0.05, 0.1) is 11.4 Å². The van der Waals surface area contributed by atoms with E-state index in [1.165, 1.54) is 0 Å². The summed E-state index contributed by atoms with van der Waals surface area (Å²) in [5, 5.41) is 7.46. The molecule has 0 aliphatic carbocycles. The molecule has 19 heavy (non-hydrogen) atoms. The molecule has 1 fully saturated rings. The Labute approximate surface area is 114 Å². The number of nitrogens with one attached hydrogen (secondary N) is 2. The highest BCUT2D eigenvalue weighted by Gasteiger charge is 2.20. The lowest BCUT2D eigenvalue weighted by Crippen LogP contribution is -2.36. The van der Waals surface area contributed by atoms with E-state index in [-0.39, 0.29) is 11.7 Å². The van der Waals surface area contributed by atoms with Crippen molar-refractivity contribution in [1.29, 1.82) is 0 Å². The summed E-state index contributed by atoms with van der Waals surface area (Å²) in [4.78, 5) is 0. The van der Waals surface area contributed by atoms with E-state index in [0.29, 0.717) is 13.0 Å².